The maximum absolute atomic E-state index is 10.8. The minimum absolute atomic E-state index is 0.433. The van der Waals surface area contributed by atoms with Crippen molar-refractivity contribution in [3.05, 3.63) is 29.3 Å². The molecule has 2 N–H and O–H groups in total. The molecule has 118 valence electrons. The molecule has 7 heteroatoms. The van der Waals surface area contributed by atoms with Crippen LogP contribution >= 0.6 is 0 Å². The van der Waals surface area contributed by atoms with E-state index in [9.17, 15) is 5.11 Å². The van der Waals surface area contributed by atoms with Crippen LogP contribution in [0.3, 0.4) is 0 Å². The third-order valence-electron chi connectivity index (χ3n) is 4.24. The van der Waals surface area contributed by atoms with Gasteiger partial charge in [-0.3, -0.25) is 0 Å². The maximum atomic E-state index is 10.8. The van der Waals surface area contributed by atoms with Crippen molar-refractivity contribution in [2.24, 2.45) is 4.99 Å². The number of aliphatic hydroxyl groups is 1. The van der Waals surface area contributed by atoms with Crippen molar-refractivity contribution in [1.29, 1.82) is 10.5 Å². The average molecular weight is 311 g/mol. The molecule has 1 unspecified atom stereocenters. The number of rotatable bonds is 1. The number of nitrogens with zero attached hydrogens (tertiary/aromatic N) is 4. The predicted molar refractivity (Wildman–Crippen MR) is 82.4 cm³/mol. The van der Waals surface area contributed by atoms with Gasteiger partial charge in [-0.15, -0.1) is 4.99 Å². The molecule has 1 fully saturated rings. The Kier molecular flexibility index (Phi) is 3.59. The van der Waals surface area contributed by atoms with E-state index in [2.05, 4.69) is 16.4 Å². The van der Waals surface area contributed by atoms with Crippen LogP contribution in [0, 0.1) is 22.8 Å². The summed E-state index contributed by atoms with van der Waals surface area (Å²) in [5, 5.41) is 31.9. The van der Waals surface area contributed by atoms with Gasteiger partial charge >= 0.3 is 0 Å². The van der Waals surface area contributed by atoms with Crippen LogP contribution in [0.15, 0.2) is 23.2 Å². The van der Waals surface area contributed by atoms with Gasteiger partial charge < -0.3 is 20.1 Å². The third-order valence-corrected chi connectivity index (χ3v) is 4.24. The first-order valence-electron chi connectivity index (χ1n) is 7.36. The predicted octanol–water partition coefficient (Wildman–Crippen LogP) is 0.874. The van der Waals surface area contributed by atoms with Gasteiger partial charge in [0, 0.05) is 18.7 Å². The van der Waals surface area contributed by atoms with Crippen molar-refractivity contribution in [3.63, 3.8) is 0 Å². The number of ether oxygens (including phenoxy) is 1. The smallest absolute Gasteiger partial charge is 0.210 e. The Morgan fingerprint density at radius 2 is 2.22 bits per heavy atom. The number of benzene rings is 1. The van der Waals surface area contributed by atoms with Crippen molar-refractivity contribution in [2.45, 2.75) is 31.6 Å². The van der Waals surface area contributed by atoms with Crippen molar-refractivity contribution in [2.75, 3.05) is 13.1 Å². The highest BCUT2D eigenvalue weighted by Crippen LogP contribution is 2.43. The number of nitrogens with one attached hydrogen (secondary N) is 1. The molecular weight excluding hydrogens is 294 g/mol. The Morgan fingerprint density at radius 1 is 1.43 bits per heavy atom. The van der Waals surface area contributed by atoms with Crippen molar-refractivity contribution < 1.29 is 9.84 Å². The van der Waals surface area contributed by atoms with Crippen molar-refractivity contribution in [1.82, 2.24) is 10.2 Å². The SMILES string of the molecule is CC1(C)Oc2ccc(C#N)cc2[C@@H](N2CCNC2=NC#N)C1O. The lowest BCUT2D eigenvalue weighted by Crippen LogP contribution is -2.54. The number of aliphatic hydroxyl groups excluding tert-OH is 1. The zero-order chi connectivity index (χ0) is 16.6. The Morgan fingerprint density at radius 3 is 2.91 bits per heavy atom. The van der Waals surface area contributed by atoms with Crippen LogP contribution in [0.5, 0.6) is 5.75 Å². The Balaban J connectivity index is 2.13. The molecule has 1 aromatic carbocycles. The molecule has 23 heavy (non-hydrogen) atoms. The van der Waals surface area contributed by atoms with E-state index in [1.54, 1.807) is 24.4 Å². The van der Waals surface area contributed by atoms with Crippen LogP contribution < -0.4 is 10.1 Å². The Bertz CT molecular complexity index is 744. The lowest BCUT2D eigenvalue weighted by Gasteiger charge is -2.45. The maximum Gasteiger partial charge on any atom is 0.210 e. The molecular formula is C16H17N5O2. The van der Waals surface area contributed by atoms with Gasteiger partial charge in [-0.2, -0.15) is 10.5 Å². The topological polar surface area (TPSA) is 105 Å². The van der Waals surface area contributed by atoms with E-state index >= 15 is 0 Å². The molecule has 2 heterocycles. The van der Waals surface area contributed by atoms with Gasteiger partial charge in [-0.25, -0.2) is 0 Å². The molecule has 2 atom stereocenters. The van der Waals surface area contributed by atoms with Gasteiger partial charge in [-0.05, 0) is 32.0 Å². The summed E-state index contributed by atoms with van der Waals surface area (Å²) in [5.41, 5.74) is 0.423. The fourth-order valence-electron chi connectivity index (χ4n) is 3.09. The fraction of sp³-hybridized carbons (Fsp3) is 0.438. The highest BCUT2D eigenvalue weighted by atomic mass is 16.5. The number of hydrogen-bond donors (Lipinski definition) is 2. The van der Waals surface area contributed by atoms with Gasteiger partial charge in [0.05, 0.1) is 17.7 Å². The molecule has 0 aromatic heterocycles. The van der Waals surface area contributed by atoms with Crippen molar-refractivity contribution in [3.8, 4) is 18.0 Å². The van der Waals surface area contributed by atoms with E-state index in [1.165, 1.54) is 0 Å². The van der Waals surface area contributed by atoms with E-state index in [0.717, 1.165) is 5.56 Å². The number of guanidine groups is 1. The zero-order valence-corrected chi connectivity index (χ0v) is 12.9. The summed E-state index contributed by atoms with van der Waals surface area (Å²) in [5.74, 6) is 1.06. The lowest BCUT2D eigenvalue weighted by molar-refractivity contribution is -0.0800. The van der Waals surface area contributed by atoms with Gasteiger partial charge in [0.2, 0.25) is 12.2 Å². The molecule has 0 radical (unpaired) electrons. The summed E-state index contributed by atoms with van der Waals surface area (Å²) in [7, 11) is 0. The summed E-state index contributed by atoms with van der Waals surface area (Å²) in [6, 6.07) is 6.83. The molecule has 7 nitrogen and oxygen atoms in total. The second kappa shape index (κ2) is 5.45. The van der Waals surface area contributed by atoms with Gasteiger partial charge in [0.25, 0.3) is 0 Å². The van der Waals surface area contributed by atoms with Crippen LogP contribution in [-0.2, 0) is 0 Å². The standard InChI is InChI=1S/C16H17N5O2/c1-16(2)14(22)13(21-6-5-19-15(21)20-9-18)11-7-10(8-17)3-4-12(11)23-16/h3-4,7,13-14,22H,5-6H2,1-2H3,(H,19,20)/t13-,14?/m1/s1. The summed E-state index contributed by atoms with van der Waals surface area (Å²) in [4.78, 5) is 5.66. The molecule has 1 aromatic rings. The summed E-state index contributed by atoms with van der Waals surface area (Å²) < 4.78 is 5.90. The first-order chi connectivity index (χ1) is 11.0. The number of fused-ring (bicyclic) bond motifs is 1. The second-order valence-electron chi connectivity index (χ2n) is 6.12. The lowest BCUT2D eigenvalue weighted by atomic mass is 9.85. The van der Waals surface area contributed by atoms with Crippen LogP contribution in [-0.4, -0.2) is 40.8 Å². The molecule has 0 amide bonds. The summed E-state index contributed by atoms with van der Waals surface area (Å²) in [6.07, 6.45) is 0.939. The van der Waals surface area contributed by atoms with Crippen LogP contribution in [0.4, 0.5) is 0 Å². The van der Waals surface area contributed by atoms with Crippen molar-refractivity contribution >= 4 is 5.96 Å². The zero-order valence-electron chi connectivity index (χ0n) is 12.9. The average Bonchev–Trinajstić information content (AvgIpc) is 2.96. The molecule has 0 bridgehead atoms. The van der Waals surface area contributed by atoms with E-state index in [0.29, 0.717) is 30.4 Å². The quantitative estimate of drug-likeness (QED) is 0.746. The molecule has 2 aliphatic heterocycles. The Hall–Kier alpha value is -2.77. The molecule has 2 aliphatic rings. The van der Waals surface area contributed by atoms with Gasteiger partial charge in [-0.1, -0.05) is 0 Å². The molecule has 3 rings (SSSR count). The minimum atomic E-state index is -0.840. The van der Waals surface area contributed by atoms with Gasteiger partial charge in [0.1, 0.15) is 17.5 Å². The minimum Gasteiger partial charge on any atom is -0.485 e. The largest absolute Gasteiger partial charge is 0.485 e. The van der Waals surface area contributed by atoms with E-state index < -0.39 is 17.7 Å². The summed E-state index contributed by atoms with van der Waals surface area (Å²) in [6.45, 7) is 4.87. The third kappa shape index (κ3) is 2.45. The van der Waals surface area contributed by atoms with E-state index in [-0.39, 0.29) is 0 Å². The fourth-order valence-corrected chi connectivity index (χ4v) is 3.09. The van der Waals surface area contributed by atoms with E-state index in [1.807, 2.05) is 18.7 Å². The first-order valence-corrected chi connectivity index (χ1v) is 7.36. The van der Waals surface area contributed by atoms with Crippen LogP contribution in [0.2, 0.25) is 0 Å². The number of nitriles is 2. The van der Waals surface area contributed by atoms with Crippen LogP contribution in [0.25, 0.3) is 0 Å². The number of hydrogen-bond acceptors (Lipinski definition) is 5. The normalized spacial score (nSPS) is 26.7. The molecule has 0 aliphatic carbocycles. The van der Waals surface area contributed by atoms with Crippen LogP contribution in [0.1, 0.15) is 31.0 Å². The Labute approximate surface area is 134 Å². The monoisotopic (exact) mass is 311 g/mol. The van der Waals surface area contributed by atoms with Gasteiger partial charge in [0.15, 0.2) is 0 Å². The molecule has 1 saturated heterocycles. The van der Waals surface area contributed by atoms with E-state index in [4.69, 9.17) is 15.3 Å². The molecule has 0 spiro atoms. The first kappa shape index (κ1) is 15.1. The second-order valence-corrected chi connectivity index (χ2v) is 6.12. The number of aliphatic imine (C=N–C) groups is 1. The molecule has 0 saturated carbocycles. The highest BCUT2D eigenvalue weighted by Gasteiger charge is 2.47. The highest BCUT2D eigenvalue weighted by molar-refractivity contribution is 5.83. The summed E-state index contributed by atoms with van der Waals surface area (Å²) >= 11 is 0.